The maximum Gasteiger partial charge on any atom is 0.259 e. The summed E-state index contributed by atoms with van der Waals surface area (Å²) in [5.41, 5.74) is 2.27. The molecule has 0 saturated heterocycles. The van der Waals surface area contributed by atoms with Gasteiger partial charge in [0.25, 0.3) is 5.91 Å². The van der Waals surface area contributed by atoms with Gasteiger partial charge in [0.15, 0.2) is 5.78 Å². The first kappa shape index (κ1) is 17.5. The molecule has 0 bridgehead atoms. The summed E-state index contributed by atoms with van der Waals surface area (Å²) >= 11 is 0. The van der Waals surface area contributed by atoms with E-state index in [0.29, 0.717) is 53.6 Å². The van der Waals surface area contributed by atoms with Crippen molar-refractivity contribution >= 4 is 23.3 Å². The number of hydrogen-bond acceptors (Lipinski definition) is 4. The van der Waals surface area contributed by atoms with Crippen molar-refractivity contribution in [3.8, 4) is 0 Å². The zero-order chi connectivity index (χ0) is 19.0. The maximum absolute atomic E-state index is 12.7. The van der Waals surface area contributed by atoms with Gasteiger partial charge in [-0.1, -0.05) is 12.1 Å². The van der Waals surface area contributed by atoms with Gasteiger partial charge in [-0.3, -0.25) is 14.4 Å². The van der Waals surface area contributed by atoms with Crippen LogP contribution in [0.1, 0.15) is 63.5 Å². The van der Waals surface area contributed by atoms with E-state index in [1.54, 1.807) is 19.1 Å². The summed E-state index contributed by atoms with van der Waals surface area (Å²) in [6.07, 6.45) is 4.35. The maximum atomic E-state index is 12.7. The minimum Gasteiger partial charge on any atom is -0.465 e. The van der Waals surface area contributed by atoms with Gasteiger partial charge in [-0.05, 0) is 43.9 Å². The molecule has 27 heavy (non-hydrogen) atoms. The monoisotopic (exact) mass is 366 g/mol. The summed E-state index contributed by atoms with van der Waals surface area (Å²) in [5, 5.41) is 5.78. The second-order valence-corrected chi connectivity index (χ2v) is 7.28. The Bertz CT molecular complexity index is 907. The standard InChI is InChI=1S/C21H22N2O4/c1-12-19(20-16(24)3-2-4-17(20)27-12)21(26)23-15-7-5-13(6-8-15)11-18(25)22-14-9-10-14/h5-8,14H,2-4,9-11H2,1H3,(H,22,25)(H,23,26). The quantitative estimate of drug-likeness (QED) is 0.851. The molecule has 6 heteroatoms. The molecule has 4 rings (SSSR count). The van der Waals surface area contributed by atoms with Crippen LogP contribution in [0.3, 0.4) is 0 Å². The Labute approximate surface area is 157 Å². The van der Waals surface area contributed by atoms with Gasteiger partial charge >= 0.3 is 0 Å². The summed E-state index contributed by atoms with van der Waals surface area (Å²) in [5.74, 6) is 0.739. The average Bonchev–Trinajstić information content (AvgIpc) is 3.36. The Hall–Kier alpha value is -2.89. The lowest BCUT2D eigenvalue weighted by atomic mass is 9.93. The SMILES string of the molecule is Cc1oc2c(c1C(=O)Nc1ccc(CC(=O)NC3CC3)cc1)C(=O)CCC2. The number of aryl methyl sites for hydroxylation is 2. The lowest BCUT2D eigenvalue weighted by Crippen LogP contribution is -2.26. The fourth-order valence-electron chi connectivity index (χ4n) is 3.47. The fraction of sp³-hybridized carbons (Fsp3) is 0.381. The Morgan fingerprint density at radius 3 is 2.59 bits per heavy atom. The summed E-state index contributed by atoms with van der Waals surface area (Å²) in [7, 11) is 0. The highest BCUT2D eigenvalue weighted by molar-refractivity contribution is 6.14. The highest BCUT2D eigenvalue weighted by Gasteiger charge is 2.30. The van der Waals surface area contributed by atoms with Crippen LogP contribution in [0.25, 0.3) is 0 Å². The average molecular weight is 366 g/mol. The number of Topliss-reactive ketones (excluding diaryl/α,β-unsaturated/α-hetero) is 1. The topological polar surface area (TPSA) is 88.4 Å². The third-order valence-electron chi connectivity index (χ3n) is 4.99. The molecule has 1 heterocycles. The van der Waals surface area contributed by atoms with Crippen molar-refractivity contribution < 1.29 is 18.8 Å². The molecule has 1 saturated carbocycles. The van der Waals surface area contributed by atoms with Crippen molar-refractivity contribution in [2.45, 2.75) is 51.5 Å². The third-order valence-corrected chi connectivity index (χ3v) is 4.99. The first-order valence-corrected chi connectivity index (χ1v) is 9.36. The largest absolute Gasteiger partial charge is 0.465 e. The minimum absolute atomic E-state index is 0.0217. The summed E-state index contributed by atoms with van der Waals surface area (Å²) in [4.78, 5) is 36.8. The summed E-state index contributed by atoms with van der Waals surface area (Å²) in [6, 6.07) is 7.53. The molecule has 0 unspecified atom stereocenters. The summed E-state index contributed by atoms with van der Waals surface area (Å²) < 4.78 is 5.64. The van der Waals surface area contributed by atoms with E-state index in [9.17, 15) is 14.4 Å². The fourth-order valence-corrected chi connectivity index (χ4v) is 3.47. The molecule has 0 spiro atoms. The molecule has 0 atom stereocenters. The zero-order valence-corrected chi connectivity index (χ0v) is 15.3. The summed E-state index contributed by atoms with van der Waals surface area (Å²) in [6.45, 7) is 1.71. The number of benzene rings is 1. The molecular formula is C21H22N2O4. The predicted octanol–water partition coefficient (Wildman–Crippen LogP) is 3.18. The van der Waals surface area contributed by atoms with Gasteiger partial charge < -0.3 is 15.1 Å². The first-order chi connectivity index (χ1) is 13.0. The molecule has 140 valence electrons. The zero-order valence-electron chi connectivity index (χ0n) is 15.3. The second kappa shape index (κ2) is 7.02. The normalized spacial score (nSPS) is 16.0. The lowest BCUT2D eigenvalue weighted by Gasteiger charge is -2.11. The van der Waals surface area contributed by atoms with Gasteiger partial charge in [-0.15, -0.1) is 0 Å². The number of rotatable bonds is 5. The molecular weight excluding hydrogens is 344 g/mol. The predicted molar refractivity (Wildman–Crippen MR) is 100.0 cm³/mol. The number of furan rings is 1. The van der Waals surface area contributed by atoms with E-state index in [-0.39, 0.29) is 17.6 Å². The Morgan fingerprint density at radius 2 is 1.89 bits per heavy atom. The van der Waals surface area contributed by atoms with Crippen molar-refractivity contribution in [2.75, 3.05) is 5.32 Å². The number of nitrogens with one attached hydrogen (secondary N) is 2. The molecule has 6 nitrogen and oxygen atoms in total. The molecule has 2 aliphatic carbocycles. The van der Waals surface area contributed by atoms with Crippen LogP contribution in [0.5, 0.6) is 0 Å². The van der Waals surface area contributed by atoms with E-state index in [2.05, 4.69) is 10.6 Å². The molecule has 2 aromatic rings. The number of carbonyl (C=O) groups excluding carboxylic acids is 3. The van der Waals surface area contributed by atoms with Gasteiger partial charge in [-0.2, -0.15) is 0 Å². The van der Waals surface area contributed by atoms with Gasteiger partial charge in [0, 0.05) is 24.6 Å². The van der Waals surface area contributed by atoms with Crippen LogP contribution in [0.2, 0.25) is 0 Å². The van der Waals surface area contributed by atoms with Crippen molar-refractivity contribution in [3.63, 3.8) is 0 Å². The third kappa shape index (κ3) is 3.79. The van der Waals surface area contributed by atoms with Crippen LogP contribution in [0.4, 0.5) is 5.69 Å². The van der Waals surface area contributed by atoms with Gasteiger partial charge in [0.1, 0.15) is 11.5 Å². The van der Waals surface area contributed by atoms with Gasteiger partial charge in [-0.25, -0.2) is 0 Å². The molecule has 1 aromatic carbocycles. The van der Waals surface area contributed by atoms with E-state index < -0.39 is 0 Å². The molecule has 1 aromatic heterocycles. The van der Waals surface area contributed by atoms with Crippen LogP contribution in [0.15, 0.2) is 28.7 Å². The highest BCUT2D eigenvalue weighted by Crippen LogP contribution is 2.30. The number of amides is 2. The van der Waals surface area contributed by atoms with E-state index in [0.717, 1.165) is 24.8 Å². The number of anilines is 1. The number of carbonyl (C=O) groups is 3. The molecule has 2 aliphatic rings. The van der Waals surface area contributed by atoms with Crippen molar-refractivity contribution in [2.24, 2.45) is 0 Å². The molecule has 0 radical (unpaired) electrons. The molecule has 2 N–H and O–H groups in total. The molecule has 0 aliphatic heterocycles. The molecule has 2 amide bonds. The van der Waals surface area contributed by atoms with Crippen molar-refractivity contribution in [1.29, 1.82) is 0 Å². The van der Waals surface area contributed by atoms with E-state index in [4.69, 9.17) is 4.42 Å². The highest BCUT2D eigenvalue weighted by atomic mass is 16.3. The van der Waals surface area contributed by atoms with Crippen LogP contribution < -0.4 is 10.6 Å². The number of ketones is 1. The van der Waals surface area contributed by atoms with Crippen LogP contribution in [-0.4, -0.2) is 23.6 Å². The van der Waals surface area contributed by atoms with Crippen LogP contribution in [0, 0.1) is 6.92 Å². The van der Waals surface area contributed by atoms with Gasteiger partial charge in [0.05, 0.1) is 17.5 Å². The van der Waals surface area contributed by atoms with E-state index in [1.165, 1.54) is 0 Å². The lowest BCUT2D eigenvalue weighted by molar-refractivity contribution is -0.120. The van der Waals surface area contributed by atoms with Crippen molar-refractivity contribution in [3.05, 3.63) is 52.5 Å². The Balaban J connectivity index is 1.45. The smallest absolute Gasteiger partial charge is 0.259 e. The number of fused-ring (bicyclic) bond motifs is 1. The minimum atomic E-state index is -0.341. The van der Waals surface area contributed by atoms with Crippen molar-refractivity contribution in [1.82, 2.24) is 5.32 Å². The van der Waals surface area contributed by atoms with Crippen LogP contribution >= 0.6 is 0 Å². The Morgan fingerprint density at radius 1 is 1.15 bits per heavy atom. The Kier molecular flexibility index (Phi) is 4.56. The molecule has 1 fully saturated rings. The van der Waals surface area contributed by atoms with E-state index >= 15 is 0 Å². The van der Waals surface area contributed by atoms with Gasteiger partial charge in [0.2, 0.25) is 5.91 Å². The second-order valence-electron chi connectivity index (χ2n) is 7.28. The van der Waals surface area contributed by atoms with E-state index in [1.807, 2.05) is 12.1 Å². The first-order valence-electron chi connectivity index (χ1n) is 9.36. The van der Waals surface area contributed by atoms with Crippen LogP contribution in [-0.2, 0) is 17.6 Å². The number of hydrogen-bond donors (Lipinski definition) is 2.